The molecule has 54 valence electrons. The Labute approximate surface area is 78.1 Å². The summed E-state index contributed by atoms with van der Waals surface area (Å²) in [5.74, 6) is -0.937. The average molecular weight is 145 g/mol. The fraction of sp³-hybridized carbons (Fsp3) is 0.143. The third-order valence-electron chi connectivity index (χ3n) is 1.16. The van der Waals surface area contributed by atoms with Gasteiger partial charge in [0.2, 0.25) is 0 Å². The molecule has 0 aliphatic heterocycles. The van der Waals surface area contributed by atoms with Crippen LogP contribution in [-0.4, -0.2) is 16.1 Å². The van der Waals surface area contributed by atoms with Crippen LogP contribution in [0.2, 0.25) is 0 Å². The molecule has 0 saturated carbocycles. The second-order valence-electron chi connectivity index (χ2n) is 1.99. The van der Waals surface area contributed by atoms with Crippen molar-refractivity contribution in [3.8, 4) is 0 Å². The van der Waals surface area contributed by atoms with Crippen LogP contribution in [-0.2, 0) is 0 Å². The zero-order chi connectivity index (χ0) is 7.56. The Morgan fingerprint density at radius 1 is 1.64 bits per heavy atom. The number of rotatable bonds is 1. The maximum absolute atomic E-state index is 10.3. The van der Waals surface area contributed by atoms with E-state index in [0.717, 1.165) is 5.69 Å². The quantitative estimate of drug-likeness (QED) is 0.474. The van der Waals surface area contributed by atoms with Crippen molar-refractivity contribution in [2.24, 2.45) is 0 Å². The molecule has 0 spiro atoms. The van der Waals surface area contributed by atoms with Crippen molar-refractivity contribution in [3.63, 3.8) is 0 Å². The first kappa shape index (κ1) is 10.2. The van der Waals surface area contributed by atoms with Crippen LogP contribution in [0, 0.1) is 6.92 Å². The van der Waals surface area contributed by atoms with Gasteiger partial charge in [0.25, 0.3) is 0 Å². The smallest absolute Gasteiger partial charge is 1.00 e. The topological polar surface area (TPSA) is 50.2 Å². The monoisotopic (exact) mass is 145 g/mol. The molecule has 1 aromatic heterocycles. The number of aromatic carboxylic acids is 1. The Kier molecular flexibility index (Phi) is 3.87. The van der Waals surface area contributed by atoms with Crippen molar-refractivity contribution >= 4 is 5.97 Å². The molecule has 0 fully saturated rings. The molecule has 11 heavy (non-hydrogen) atoms. The predicted molar refractivity (Wildman–Crippen MR) is 37.0 cm³/mol. The van der Waals surface area contributed by atoms with Crippen molar-refractivity contribution < 1.29 is 30.2 Å². The SMILES string of the molecule is Cc1ccc(C(=O)O)cn1.[H-].[Li+]. The van der Waals surface area contributed by atoms with Gasteiger partial charge >= 0.3 is 24.8 Å². The van der Waals surface area contributed by atoms with Gasteiger partial charge in [-0.3, -0.25) is 4.98 Å². The van der Waals surface area contributed by atoms with Crippen LogP contribution in [0.5, 0.6) is 0 Å². The first-order chi connectivity index (χ1) is 4.70. The van der Waals surface area contributed by atoms with Gasteiger partial charge < -0.3 is 6.53 Å². The summed E-state index contributed by atoms with van der Waals surface area (Å²) in [7, 11) is 0. The van der Waals surface area contributed by atoms with Crippen molar-refractivity contribution in [2.45, 2.75) is 6.92 Å². The maximum Gasteiger partial charge on any atom is 1.00 e. The summed E-state index contributed by atoms with van der Waals surface area (Å²) < 4.78 is 0. The number of carbonyl (C=O) groups is 1. The number of pyridine rings is 1. The second-order valence-corrected chi connectivity index (χ2v) is 1.99. The standard InChI is InChI=1S/C7H7NO2.Li.H/c1-5-2-3-6(4-8-5)7(9)10;;/h2-4H,1H3,(H,9,10);;/q;+1;-1. The summed E-state index contributed by atoms with van der Waals surface area (Å²) in [6.45, 7) is 1.81. The number of carboxylic acid groups (broad SMARTS) is 1. The average Bonchev–Trinajstić information content (AvgIpc) is 1.88. The number of aryl methyl sites for hydroxylation is 1. The van der Waals surface area contributed by atoms with Crippen LogP contribution >= 0.6 is 0 Å². The van der Waals surface area contributed by atoms with Crippen LogP contribution in [0.15, 0.2) is 18.3 Å². The minimum atomic E-state index is -0.937. The number of hydrogen-bond acceptors (Lipinski definition) is 2. The predicted octanol–water partition coefficient (Wildman–Crippen LogP) is -1.80. The van der Waals surface area contributed by atoms with E-state index >= 15 is 0 Å². The maximum atomic E-state index is 10.3. The van der Waals surface area contributed by atoms with Gasteiger partial charge in [0.05, 0.1) is 5.56 Å². The second kappa shape index (κ2) is 4.17. The van der Waals surface area contributed by atoms with Crippen molar-refractivity contribution in [1.29, 1.82) is 0 Å². The minimum absolute atomic E-state index is 0. The van der Waals surface area contributed by atoms with E-state index in [4.69, 9.17) is 5.11 Å². The molecule has 0 atom stereocenters. The van der Waals surface area contributed by atoms with Crippen LogP contribution in [0.4, 0.5) is 0 Å². The molecule has 0 unspecified atom stereocenters. The molecule has 0 amide bonds. The molecule has 0 aromatic carbocycles. The van der Waals surface area contributed by atoms with E-state index in [0.29, 0.717) is 0 Å². The fourth-order valence-corrected chi connectivity index (χ4v) is 0.594. The van der Waals surface area contributed by atoms with E-state index < -0.39 is 5.97 Å². The first-order valence-electron chi connectivity index (χ1n) is 2.86. The van der Waals surface area contributed by atoms with Gasteiger partial charge in [0.1, 0.15) is 0 Å². The zero-order valence-corrected chi connectivity index (χ0v) is 6.53. The van der Waals surface area contributed by atoms with Crippen molar-refractivity contribution in [1.82, 2.24) is 4.98 Å². The van der Waals surface area contributed by atoms with E-state index in [1.54, 1.807) is 6.07 Å². The molecule has 1 heterocycles. The Morgan fingerprint density at radius 2 is 2.27 bits per heavy atom. The van der Waals surface area contributed by atoms with E-state index in [9.17, 15) is 4.79 Å². The van der Waals surface area contributed by atoms with Crippen LogP contribution in [0.25, 0.3) is 0 Å². The molecule has 1 rings (SSSR count). The molecular weight excluding hydrogens is 137 g/mol. The van der Waals surface area contributed by atoms with E-state index in [1.165, 1.54) is 12.3 Å². The first-order valence-corrected chi connectivity index (χ1v) is 2.86. The Morgan fingerprint density at radius 3 is 2.64 bits per heavy atom. The summed E-state index contributed by atoms with van der Waals surface area (Å²) in [4.78, 5) is 14.1. The van der Waals surface area contributed by atoms with Crippen molar-refractivity contribution in [3.05, 3.63) is 29.6 Å². The van der Waals surface area contributed by atoms with Gasteiger partial charge in [-0.1, -0.05) is 0 Å². The third-order valence-corrected chi connectivity index (χ3v) is 1.16. The molecule has 3 nitrogen and oxygen atoms in total. The third kappa shape index (κ3) is 2.75. The Hall–Kier alpha value is -0.783. The summed E-state index contributed by atoms with van der Waals surface area (Å²) >= 11 is 0. The molecule has 4 heteroatoms. The van der Waals surface area contributed by atoms with Crippen LogP contribution < -0.4 is 18.9 Å². The molecule has 0 aliphatic rings. The molecular formula is C7H8LiNO2. The largest absolute Gasteiger partial charge is 1.00 e. The van der Waals surface area contributed by atoms with E-state index in [1.807, 2.05) is 6.92 Å². The molecule has 1 N–H and O–H groups in total. The van der Waals surface area contributed by atoms with Gasteiger partial charge in [-0.25, -0.2) is 4.79 Å². The molecule has 0 aliphatic carbocycles. The van der Waals surface area contributed by atoms with Crippen LogP contribution in [0.3, 0.4) is 0 Å². The number of hydrogen-bond donors (Lipinski definition) is 1. The Balaban J connectivity index is 0. The minimum Gasteiger partial charge on any atom is -1.00 e. The number of nitrogens with zero attached hydrogens (tertiary/aromatic N) is 1. The summed E-state index contributed by atoms with van der Waals surface area (Å²) in [5.41, 5.74) is 1.05. The van der Waals surface area contributed by atoms with Crippen molar-refractivity contribution in [2.75, 3.05) is 0 Å². The van der Waals surface area contributed by atoms with Crippen LogP contribution in [0.1, 0.15) is 17.5 Å². The van der Waals surface area contributed by atoms with Gasteiger partial charge in [-0.05, 0) is 19.1 Å². The molecule has 1 aromatic rings. The summed E-state index contributed by atoms with van der Waals surface area (Å²) in [6.07, 6.45) is 1.34. The summed E-state index contributed by atoms with van der Waals surface area (Å²) in [5, 5.41) is 8.44. The fourth-order valence-electron chi connectivity index (χ4n) is 0.594. The van der Waals surface area contributed by atoms with E-state index in [-0.39, 0.29) is 25.9 Å². The zero-order valence-electron chi connectivity index (χ0n) is 7.53. The number of aromatic nitrogens is 1. The molecule has 0 saturated heterocycles. The summed E-state index contributed by atoms with van der Waals surface area (Å²) in [6, 6.07) is 3.20. The van der Waals surface area contributed by atoms with Gasteiger partial charge in [-0.15, -0.1) is 0 Å². The molecule has 0 radical (unpaired) electrons. The Bertz CT molecular complexity index is 250. The molecule has 0 bridgehead atoms. The normalized spacial score (nSPS) is 8.45. The van der Waals surface area contributed by atoms with E-state index in [2.05, 4.69) is 4.98 Å². The van der Waals surface area contributed by atoms with Gasteiger partial charge in [0.15, 0.2) is 0 Å². The number of carboxylic acids is 1. The van der Waals surface area contributed by atoms with Gasteiger partial charge in [-0.2, -0.15) is 0 Å². The van der Waals surface area contributed by atoms with Gasteiger partial charge in [0, 0.05) is 11.9 Å².